The lowest BCUT2D eigenvalue weighted by atomic mass is 9.97. The molecule has 0 amide bonds. The van der Waals surface area contributed by atoms with Gasteiger partial charge in [-0.25, -0.2) is 0 Å². The Labute approximate surface area is 127 Å². The smallest absolute Gasteiger partial charge is 0.231 e. The van der Waals surface area contributed by atoms with Gasteiger partial charge in [-0.1, -0.05) is 47.1 Å². The molecule has 0 radical (unpaired) electrons. The molecule has 1 unspecified atom stereocenters. The van der Waals surface area contributed by atoms with Crippen LogP contribution in [0.4, 0.5) is 0 Å². The summed E-state index contributed by atoms with van der Waals surface area (Å²) in [5, 5.41) is 4.06. The molecule has 20 heavy (non-hydrogen) atoms. The van der Waals surface area contributed by atoms with Crippen LogP contribution in [-0.4, -0.2) is 16.7 Å². The third-order valence-corrected chi connectivity index (χ3v) is 3.62. The Hall–Kier alpha value is -1.20. The first-order valence-electron chi connectivity index (χ1n) is 6.85. The number of nitrogens with zero attached hydrogens (tertiary/aromatic N) is 2. The summed E-state index contributed by atoms with van der Waals surface area (Å²) in [7, 11) is 0. The van der Waals surface area contributed by atoms with Gasteiger partial charge in [-0.3, -0.25) is 0 Å². The zero-order valence-corrected chi connectivity index (χ0v) is 13.4. The van der Waals surface area contributed by atoms with Gasteiger partial charge in [-0.15, -0.1) is 0 Å². The Kier molecular flexibility index (Phi) is 5.31. The first kappa shape index (κ1) is 15.2. The van der Waals surface area contributed by atoms with Crippen molar-refractivity contribution in [2.75, 3.05) is 6.54 Å². The molecule has 0 aliphatic rings. The average molecular weight is 338 g/mol. The van der Waals surface area contributed by atoms with Gasteiger partial charge in [0.15, 0.2) is 5.82 Å². The molecule has 1 heterocycles. The molecule has 0 fully saturated rings. The predicted molar refractivity (Wildman–Crippen MR) is 82.5 cm³/mol. The second kappa shape index (κ2) is 6.99. The summed E-state index contributed by atoms with van der Waals surface area (Å²) in [5.41, 5.74) is 6.95. The normalized spacial score (nSPS) is 12.8. The lowest BCUT2D eigenvalue weighted by Crippen LogP contribution is -2.15. The molecular formula is C15H20BrN3O. The van der Waals surface area contributed by atoms with Gasteiger partial charge in [0.05, 0.1) is 5.92 Å². The van der Waals surface area contributed by atoms with Crippen molar-refractivity contribution >= 4 is 15.9 Å². The Morgan fingerprint density at radius 1 is 1.35 bits per heavy atom. The van der Waals surface area contributed by atoms with Crippen LogP contribution in [0.5, 0.6) is 0 Å². The summed E-state index contributed by atoms with van der Waals surface area (Å²) in [6.45, 7) is 4.87. The molecule has 4 nitrogen and oxygen atoms in total. The van der Waals surface area contributed by atoms with Crippen LogP contribution in [0.3, 0.4) is 0 Å². The van der Waals surface area contributed by atoms with Crippen LogP contribution in [0.2, 0.25) is 0 Å². The number of aromatic nitrogens is 2. The van der Waals surface area contributed by atoms with Crippen LogP contribution in [-0.2, 0) is 6.42 Å². The molecule has 5 heteroatoms. The number of nitrogens with two attached hydrogens (primary N) is 1. The summed E-state index contributed by atoms with van der Waals surface area (Å²) < 4.78 is 6.42. The molecule has 2 aromatic rings. The largest absolute Gasteiger partial charge is 0.339 e. The average Bonchev–Trinajstić information content (AvgIpc) is 2.84. The second-order valence-electron chi connectivity index (χ2n) is 5.42. The number of hydrogen-bond acceptors (Lipinski definition) is 4. The predicted octanol–water partition coefficient (Wildman–Crippen LogP) is 3.51. The maximum absolute atomic E-state index is 5.80. The van der Waals surface area contributed by atoms with Crippen molar-refractivity contribution in [1.82, 2.24) is 10.1 Å². The van der Waals surface area contributed by atoms with Gasteiger partial charge in [0.1, 0.15) is 0 Å². The quantitative estimate of drug-likeness (QED) is 0.875. The van der Waals surface area contributed by atoms with E-state index >= 15 is 0 Å². The fourth-order valence-electron chi connectivity index (χ4n) is 2.20. The SMILES string of the molecule is CC(C)CC(CN)c1nc(Cc2cccc(Br)c2)no1. The zero-order chi connectivity index (χ0) is 14.5. The van der Waals surface area contributed by atoms with Crippen molar-refractivity contribution in [2.24, 2.45) is 11.7 Å². The summed E-state index contributed by atoms with van der Waals surface area (Å²) in [6.07, 6.45) is 1.64. The maximum Gasteiger partial charge on any atom is 0.231 e. The molecular weight excluding hydrogens is 318 g/mol. The lowest BCUT2D eigenvalue weighted by molar-refractivity contribution is 0.332. The van der Waals surface area contributed by atoms with Gasteiger partial charge in [-0.05, 0) is 30.0 Å². The summed E-state index contributed by atoms with van der Waals surface area (Å²) in [6, 6.07) is 8.11. The van der Waals surface area contributed by atoms with Crippen LogP contribution in [0.1, 0.15) is 43.5 Å². The molecule has 2 N–H and O–H groups in total. The van der Waals surface area contributed by atoms with Gasteiger partial charge >= 0.3 is 0 Å². The van der Waals surface area contributed by atoms with E-state index in [1.165, 1.54) is 0 Å². The van der Waals surface area contributed by atoms with E-state index in [1.54, 1.807) is 0 Å². The Morgan fingerprint density at radius 3 is 2.80 bits per heavy atom. The molecule has 0 saturated carbocycles. The summed E-state index contributed by atoms with van der Waals surface area (Å²) >= 11 is 3.46. The van der Waals surface area contributed by atoms with Gasteiger partial charge < -0.3 is 10.3 Å². The van der Waals surface area contributed by atoms with Crippen molar-refractivity contribution < 1.29 is 4.52 Å². The van der Waals surface area contributed by atoms with E-state index < -0.39 is 0 Å². The van der Waals surface area contributed by atoms with Crippen molar-refractivity contribution in [1.29, 1.82) is 0 Å². The zero-order valence-electron chi connectivity index (χ0n) is 11.8. The molecule has 1 aromatic carbocycles. The van der Waals surface area contributed by atoms with Crippen molar-refractivity contribution in [3.8, 4) is 0 Å². The van der Waals surface area contributed by atoms with Gasteiger partial charge in [0.25, 0.3) is 0 Å². The Morgan fingerprint density at radius 2 is 2.15 bits per heavy atom. The highest BCUT2D eigenvalue weighted by atomic mass is 79.9. The highest BCUT2D eigenvalue weighted by molar-refractivity contribution is 9.10. The van der Waals surface area contributed by atoms with E-state index in [0.29, 0.717) is 30.6 Å². The lowest BCUT2D eigenvalue weighted by Gasteiger charge is -2.11. The minimum Gasteiger partial charge on any atom is -0.339 e. The van der Waals surface area contributed by atoms with Gasteiger partial charge in [-0.2, -0.15) is 4.98 Å². The number of benzene rings is 1. The van der Waals surface area contributed by atoms with Crippen LogP contribution in [0, 0.1) is 5.92 Å². The Bertz CT molecular complexity index is 554. The van der Waals surface area contributed by atoms with Crippen molar-refractivity contribution in [3.05, 3.63) is 46.0 Å². The van der Waals surface area contributed by atoms with Gasteiger partial charge in [0, 0.05) is 17.4 Å². The first-order valence-corrected chi connectivity index (χ1v) is 7.64. The fourth-order valence-corrected chi connectivity index (χ4v) is 2.65. The van der Waals surface area contributed by atoms with Crippen molar-refractivity contribution in [3.63, 3.8) is 0 Å². The molecule has 0 spiro atoms. The van der Waals surface area contributed by atoms with Crippen LogP contribution in [0.25, 0.3) is 0 Å². The topological polar surface area (TPSA) is 64.9 Å². The van der Waals surface area contributed by atoms with E-state index in [-0.39, 0.29) is 5.92 Å². The maximum atomic E-state index is 5.80. The van der Waals surface area contributed by atoms with E-state index in [0.717, 1.165) is 16.5 Å². The minimum atomic E-state index is 0.152. The number of halogens is 1. The fraction of sp³-hybridized carbons (Fsp3) is 0.467. The molecule has 1 aromatic heterocycles. The van der Waals surface area contributed by atoms with Crippen LogP contribution >= 0.6 is 15.9 Å². The van der Waals surface area contributed by atoms with Crippen molar-refractivity contribution in [2.45, 2.75) is 32.6 Å². The molecule has 2 rings (SSSR count). The van der Waals surface area contributed by atoms with E-state index in [2.05, 4.69) is 52.1 Å². The standard InChI is InChI=1S/C15H20BrN3O/c1-10(2)6-12(9-17)15-18-14(19-20-15)8-11-4-3-5-13(16)7-11/h3-5,7,10,12H,6,8-9,17H2,1-2H3. The highest BCUT2D eigenvalue weighted by Gasteiger charge is 2.19. The van der Waals surface area contributed by atoms with E-state index in [4.69, 9.17) is 10.3 Å². The minimum absolute atomic E-state index is 0.152. The van der Waals surface area contributed by atoms with E-state index in [9.17, 15) is 0 Å². The number of rotatable bonds is 6. The number of hydrogen-bond donors (Lipinski definition) is 1. The molecule has 0 saturated heterocycles. The first-order chi connectivity index (χ1) is 9.58. The van der Waals surface area contributed by atoms with E-state index in [1.807, 2.05) is 12.1 Å². The summed E-state index contributed by atoms with van der Waals surface area (Å²) in [4.78, 5) is 4.49. The third-order valence-electron chi connectivity index (χ3n) is 3.12. The molecule has 0 bridgehead atoms. The summed E-state index contributed by atoms with van der Waals surface area (Å²) in [5.74, 6) is 2.08. The van der Waals surface area contributed by atoms with Crippen LogP contribution in [0.15, 0.2) is 33.3 Å². The van der Waals surface area contributed by atoms with Crippen LogP contribution < -0.4 is 5.73 Å². The molecule has 0 aliphatic carbocycles. The second-order valence-corrected chi connectivity index (χ2v) is 6.33. The third kappa shape index (κ3) is 4.15. The monoisotopic (exact) mass is 337 g/mol. The molecule has 0 aliphatic heterocycles. The van der Waals surface area contributed by atoms with Gasteiger partial charge in [0.2, 0.25) is 5.89 Å². The Balaban J connectivity index is 2.08. The highest BCUT2D eigenvalue weighted by Crippen LogP contribution is 2.22. The molecule has 1 atom stereocenters. The molecule has 108 valence electrons.